The lowest BCUT2D eigenvalue weighted by Crippen LogP contribution is -2.30. The zero-order valence-corrected chi connectivity index (χ0v) is 17.3. The van der Waals surface area contributed by atoms with Gasteiger partial charge in [0.2, 0.25) is 0 Å². The molecule has 0 saturated carbocycles. The molecule has 1 atom stereocenters. The van der Waals surface area contributed by atoms with Crippen LogP contribution in [0.1, 0.15) is 44.2 Å². The molecule has 0 heterocycles. The molecule has 0 aliphatic carbocycles. The zero-order chi connectivity index (χ0) is 20.0. The van der Waals surface area contributed by atoms with E-state index in [1.807, 2.05) is 24.3 Å². The maximum atomic E-state index is 12.5. The van der Waals surface area contributed by atoms with Crippen molar-refractivity contribution in [3.8, 4) is 11.5 Å². The second-order valence-electron chi connectivity index (χ2n) is 6.51. The minimum absolute atomic E-state index is 0.118. The molecule has 1 unspecified atom stereocenters. The summed E-state index contributed by atoms with van der Waals surface area (Å²) in [6.45, 7) is 5.51. The lowest BCUT2D eigenvalue weighted by Gasteiger charge is -2.18. The number of phenolic OH excluding ortho intramolecular Hbond substituents is 1. The number of phenols is 1. The Balaban J connectivity index is 2.09. The number of unbranched alkanes of at least 4 members (excludes halogenated alkanes) is 2. The maximum Gasteiger partial charge on any atom is 0.265 e. The number of nitrogens with one attached hydrogen (secondary N) is 1. The lowest BCUT2D eigenvalue weighted by atomic mass is 10.1. The van der Waals surface area contributed by atoms with Crippen LogP contribution in [0.3, 0.4) is 0 Å². The minimum Gasteiger partial charge on any atom is -0.504 e. The van der Waals surface area contributed by atoms with Crippen LogP contribution < -0.4 is 10.1 Å². The maximum absolute atomic E-state index is 12.5. The Kier molecular flexibility index (Phi) is 7.81. The number of aryl methyl sites for hydroxylation is 1. The predicted octanol–water partition coefficient (Wildman–Crippen LogP) is 6.15. The van der Waals surface area contributed by atoms with Crippen molar-refractivity contribution in [1.29, 1.82) is 0 Å². The van der Waals surface area contributed by atoms with Crippen LogP contribution in [-0.2, 0) is 11.2 Å². The molecule has 0 aliphatic rings. The van der Waals surface area contributed by atoms with Crippen LogP contribution in [0.5, 0.6) is 11.5 Å². The number of anilines is 1. The van der Waals surface area contributed by atoms with Gasteiger partial charge in [0.1, 0.15) is 5.75 Å². The highest BCUT2D eigenvalue weighted by Gasteiger charge is 2.20. The fourth-order valence-electron chi connectivity index (χ4n) is 2.67. The number of carbonyl (C=O) groups excluding carboxylic acids is 1. The highest BCUT2D eigenvalue weighted by molar-refractivity contribution is 6.37. The first-order valence-electron chi connectivity index (χ1n) is 9.08. The molecule has 0 bridgehead atoms. The average Bonchev–Trinajstić information content (AvgIpc) is 2.65. The molecular weight excluding hydrogens is 385 g/mol. The van der Waals surface area contributed by atoms with Crippen molar-refractivity contribution in [2.45, 2.75) is 52.6 Å². The van der Waals surface area contributed by atoms with Gasteiger partial charge in [-0.15, -0.1) is 0 Å². The van der Waals surface area contributed by atoms with E-state index in [2.05, 4.69) is 12.2 Å². The number of hydrogen-bond acceptors (Lipinski definition) is 3. The minimum atomic E-state index is -0.754. The highest BCUT2D eigenvalue weighted by atomic mass is 35.5. The first-order chi connectivity index (χ1) is 12.8. The van der Waals surface area contributed by atoms with Crippen LogP contribution in [0.4, 0.5) is 5.69 Å². The van der Waals surface area contributed by atoms with Crippen molar-refractivity contribution in [3.63, 3.8) is 0 Å². The Morgan fingerprint density at radius 2 is 1.96 bits per heavy atom. The lowest BCUT2D eigenvalue weighted by molar-refractivity contribution is -0.122. The summed E-state index contributed by atoms with van der Waals surface area (Å²) in [6, 6.07) is 9.20. The van der Waals surface area contributed by atoms with Crippen LogP contribution in [0, 0.1) is 6.92 Å². The van der Waals surface area contributed by atoms with Crippen LogP contribution in [0.15, 0.2) is 30.3 Å². The number of halogens is 2. The van der Waals surface area contributed by atoms with Gasteiger partial charge >= 0.3 is 0 Å². The number of rotatable bonds is 8. The summed E-state index contributed by atoms with van der Waals surface area (Å²) in [5.41, 5.74) is 1.79. The smallest absolute Gasteiger partial charge is 0.265 e. The molecule has 4 nitrogen and oxygen atoms in total. The van der Waals surface area contributed by atoms with Crippen molar-refractivity contribution in [2.75, 3.05) is 5.32 Å². The molecule has 27 heavy (non-hydrogen) atoms. The normalized spacial score (nSPS) is 11.9. The first-order valence-corrected chi connectivity index (χ1v) is 9.83. The zero-order valence-electron chi connectivity index (χ0n) is 15.8. The summed E-state index contributed by atoms with van der Waals surface area (Å²) in [5, 5.41) is 13.3. The predicted molar refractivity (Wildman–Crippen MR) is 111 cm³/mol. The molecule has 0 saturated heterocycles. The largest absolute Gasteiger partial charge is 0.504 e. The number of aromatic hydroxyl groups is 1. The molecule has 2 aromatic carbocycles. The van der Waals surface area contributed by atoms with Gasteiger partial charge in [0, 0.05) is 5.02 Å². The number of benzene rings is 2. The van der Waals surface area contributed by atoms with Crippen LogP contribution in [0.25, 0.3) is 0 Å². The van der Waals surface area contributed by atoms with E-state index < -0.39 is 12.0 Å². The van der Waals surface area contributed by atoms with Crippen molar-refractivity contribution in [3.05, 3.63) is 51.5 Å². The monoisotopic (exact) mass is 409 g/mol. The fraction of sp³-hybridized carbons (Fsp3) is 0.381. The molecular formula is C21H25Cl2NO3. The molecule has 0 aromatic heterocycles. The molecule has 0 spiro atoms. The third-order valence-corrected chi connectivity index (χ3v) is 5.23. The molecule has 2 aromatic rings. The standard InChI is InChI=1S/C21H25Cl2NO3/c1-4-5-6-9-15-10-7-8-11-18(15)27-14(3)21(26)24-17-12-16(22)13(2)19(23)20(17)25/h7-8,10-12,14,25H,4-6,9H2,1-3H3,(H,24,26). The molecule has 0 fully saturated rings. The van der Waals surface area contributed by atoms with E-state index in [0.717, 1.165) is 31.2 Å². The van der Waals surface area contributed by atoms with E-state index >= 15 is 0 Å². The SMILES string of the molecule is CCCCCc1ccccc1OC(C)C(=O)Nc1cc(Cl)c(C)c(Cl)c1O. The van der Waals surface area contributed by atoms with E-state index in [1.54, 1.807) is 13.8 Å². The topological polar surface area (TPSA) is 58.6 Å². The van der Waals surface area contributed by atoms with Crippen molar-refractivity contribution < 1.29 is 14.6 Å². The number of ether oxygens (including phenoxy) is 1. The van der Waals surface area contributed by atoms with E-state index in [9.17, 15) is 9.90 Å². The molecule has 0 aliphatic heterocycles. The van der Waals surface area contributed by atoms with Gasteiger partial charge in [-0.2, -0.15) is 0 Å². The Labute approximate surface area is 170 Å². The molecule has 1 amide bonds. The van der Waals surface area contributed by atoms with Gasteiger partial charge in [-0.3, -0.25) is 4.79 Å². The summed E-state index contributed by atoms with van der Waals surface area (Å²) >= 11 is 12.1. The van der Waals surface area contributed by atoms with Gasteiger partial charge in [0.15, 0.2) is 11.9 Å². The van der Waals surface area contributed by atoms with E-state index in [1.165, 1.54) is 6.07 Å². The first kappa shape index (κ1) is 21.4. The molecule has 2 N–H and O–H groups in total. The van der Waals surface area contributed by atoms with E-state index in [4.69, 9.17) is 27.9 Å². The van der Waals surface area contributed by atoms with Gasteiger partial charge < -0.3 is 15.2 Å². The quantitative estimate of drug-likeness (QED) is 0.406. The summed E-state index contributed by atoms with van der Waals surface area (Å²) in [7, 11) is 0. The van der Waals surface area contributed by atoms with Crippen molar-refractivity contribution in [1.82, 2.24) is 0 Å². The number of carbonyl (C=O) groups is 1. The third kappa shape index (κ3) is 5.53. The number of amides is 1. The summed E-state index contributed by atoms with van der Waals surface area (Å²) in [4.78, 5) is 12.5. The molecule has 0 radical (unpaired) electrons. The number of para-hydroxylation sites is 1. The van der Waals surface area contributed by atoms with Crippen LogP contribution in [0.2, 0.25) is 10.0 Å². The Morgan fingerprint density at radius 3 is 2.67 bits per heavy atom. The van der Waals surface area contributed by atoms with Gasteiger partial charge in [0.25, 0.3) is 5.91 Å². The van der Waals surface area contributed by atoms with Gasteiger partial charge in [-0.05, 0) is 49.9 Å². The summed E-state index contributed by atoms with van der Waals surface area (Å²) in [5.74, 6) is 0.0872. The van der Waals surface area contributed by atoms with Gasteiger partial charge in [0.05, 0.1) is 10.7 Å². The van der Waals surface area contributed by atoms with Gasteiger partial charge in [-0.25, -0.2) is 0 Å². The fourth-order valence-corrected chi connectivity index (χ4v) is 3.12. The molecule has 146 valence electrons. The highest BCUT2D eigenvalue weighted by Crippen LogP contribution is 2.38. The molecule has 2 rings (SSSR count). The van der Waals surface area contributed by atoms with E-state index in [-0.39, 0.29) is 16.5 Å². The van der Waals surface area contributed by atoms with Crippen molar-refractivity contribution >= 4 is 34.8 Å². The van der Waals surface area contributed by atoms with Crippen molar-refractivity contribution in [2.24, 2.45) is 0 Å². The summed E-state index contributed by atoms with van der Waals surface area (Å²) < 4.78 is 5.87. The third-order valence-electron chi connectivity index (χ3n) is 4.37. The van der Waals surface area contributed by atoms with E-state index in [0.29, 0.717) is 16.3 Å². The average molecular weight is 410 g/mol. The van der Waals surface area contributed by atoms with Crippen LogP contribution in [-0.4, -0.2) is 17.1 Å². The second kappa shape index (κ2) is 9.86. The Hall–Kier alpha value is -1.91. The second-order valence-corrected chi connectivity index (χ2v) is 7.29. The Morgan fingerprint density at radius 1 is 1.26 bits per heavy atom. The Bertz CT molecular complexity index is 808. The molecule has 6 heteroatoms. The van der Waals surface area contributed by atoms with Crippen LogP contribution >= 0.6 is 23.2 Å². The summed E-state index contributed by atoms with van der Waals surface area (Å²) in [6.07, 6.45) is 3.52. The number of hydrogen-bond donors (Lipinski definition) is 2. The van der Waals surface area contributed by atoms with Gasteiger partial charge in [-0.1, -0.05) is 61.2 Å².